The molecule has 1 aliphatic rings. The molecule has 1 heterocycles. The average molecular weight is 447 g/mol. The summed E-state index contributed by atoms with van der Waals surface area (Å²) < 4.78 is 49.7. The highest BCUT2D eigenvalue weighted by Gasteiger charge is 2.31. The number of rotatable bonds is 7. The maximum atomic E-state index is 12.9. The van der Waals surface area contributed by atoms with Crippen LogP contribution in [0.2, 0.25) is 0 Å². The second-order valence-electron chi connectivity index (χ2n) is 7.35. The van der Waals surface area contributed by atoms with Gasteiger partial charge in [-0.3, -0.25) is 4.79 Å². The predicted molar refractivity (Wildman–Crippen MR) is 113 cm³/mol. The van der Waals surface area contributed by atoms with Gasteiger partial charge in [0.2, 0.25) is 5.91 Å². The first-order chi connectivity index (χ1) is 15.3. The average Bonchev–Trinajstić information content (AvgIpc) is 2.81. The van der Waals surface area contributed by atoms with E-state index >= 15 is 0 Å². The van der Waals surface area contributed by atoms with E-state index in [0.29, 0.717) is 68.4 Å². The molecule has 2 aromatic rings. The molecule has 0 spiro atoms. The Hall–Kier alpha value is -3.41. The van der Waals surface area contributed by atoms with Crippen molar-refractivity contribution < 1.29 is 27.4 Å². The molecule has 1 fully saturated rings. The molecule has 0 saturated carbocycles. The van der Waals surface area contributed by atoms with Gasteiger partial charge in [-0.2, -0.15) is 18.4 Å². The van der Waals surface area contributed by atoms with Crippen molar-refractivity contribution in [2.75, 3.05) is 44.8 Å². The fraction of sp³-hybridized carbons (Fsp3) is 0.391. The standard InChI is InChI=1S/C23H24F3N3O3/c1-31-21-14-17(16-27)7-8-20(21)32-13-3-6-22(30)29-11-9-28(10-12-29)19-5-2-4-18(15-19)23(24,25)26/h2,4-5,7-8,14-15H,3,6,9-13H2,1H3. The normalized spacial score (nSPS) is 14.1. The van der Waals surface area contributed by atoms with Gasteiger partial charge in [-0.1, -0.05) is 6.07 Å². The number of halogens is 3. The highest BCUT2D eigenvalue weighted by atomic mass is 19.4. The highest BCUT2D eigenvalue weighted by molar-refractivity contribution is 5.76. The van der Waals surface area contributed by atoms with Crippen LogP contribution in [0.5, 0.6) is 11.5 Å². The molecule has 0 atom stereocenters. The number of hydrogen-bond donors (Lipinski definition) is 0. The first-order valence-electron chi connectivity index (χ1n) is 10.2. The van der Waals surface area contributed by atoms with Crippen molar-refractivity contribution in [1.29, 1.82) is 5.26 Å². The second kappa shape index (κ2) is 10.3. The molecule has 9 heteroatoms. The molecule has 0 bridgehead atoms. The van der Waals surface area contributed by atoms with Crippen LogP contribution in [0.25, 0.3) is 0 Å². The van der Waals surface area contributed by atoms with Crippen molar-refractivity contribution in [3.05, 3.63) is 53.6 Å². The van der Waals surface area contributed by atoms with E-state index < -0.39 is 11.7 Å². The lowest BCUT2D eigenvalue weighted by Gasteiger charge is -2.36. The lowest BCUT2D eigenvalue weighted by atomic mass is 10.1. The third kappa shape index (κ3) is 5.84. The lowest BCUT2D eigenvalue weighted by molar-refractivity contribution is -0.137. The van der Waals surface area contributed by atoms with E-state index in [2.05, 4.69) is 0 Å². The van der Waals surface area contributed by atoms with Crippen LogP contribution in [0, 0.1) is 11.3 Å². The molecular formula is C23H24F3N3O3. The maximum absolute atomic E-state index is 12.9. The molecule has 6 nitrogen and oxygen atoms in total. The molecule has 1 aliphatic heterocycles. The molecule has 32 heavy (non-hydrogen) atoms. The Morgan fingerprint density at radius 1 is 1.09 bits per heavy atom. The minimum absolute atomic E-state index is 0.0101. The molecule has 170 valence electrons. The number of benzene rings is 2. The zero-order valence-electron chi connectivity index (χ0n) is 17.7. The summed E-state index contributed by atoms with van der Waals surface area (Å²) >= 11 is 0. The Kier molecular flexibility index (Phi) is 7.46. The van der Waals surface area contributed by atoms with E-state index in [4.69, 9.17) is 14.7 Å². The fourth-order valence-corrected chi connectivity index (χ4v) is 3.51. The predicted octanol–water partition coefficient (Wildman–Crippen LogP) is 4.09. The molecule has 1 saturated heterocycles. The first kappa shape index (κ1) is 23.3. The van der Waals surface area contributed by atoms with Gasteiger partial charge in [-0.15, -0.1) is 0 Å². The fourth-order valence-electron chi connectivity index (χ4n) is 3.51. The number of alkyl halides is 3. The van der Waals surface area contributed by atoms with Gasteiger partial charge in [0, 0.05) is 44.4 Å². The molecular weight excluding hydrogens is 423 g/mol. The van der Waals surface area contributed by atoms with Crippen LogP contribution in [0.1, 0.15) is 24.0 Å². The Labute approximate surface area is 184 Å². The minimum Gasteiger partial charge on any atom is -0.493 e. The van der Waals surface area contributed by atoms with Gasteiger partial charge >= 0.3 is 6.18 Å². The van der Waals surface area contributed by atoms with Crippen molar-refractivity contribution in [2.45, 2.75) is 19.0 Å². The van der Waals surface area contributed by atoms with Gasteiger partial charge in [-0.25, -0.2) is 0 Å². The number of nitrogens with zero attached hydrogens (tertiary/aromatic N) is 3. The summed E-state index contributed by atoms with van der Waals surface area (Å²) in [6.07, 6.45) is -3.56. The van der Waals surface area contributed by atoms with Gasteiger partial charge in [0.25, 0.3) is 0 Å². The summed E-state index contributed by atoms with van der Waals surface area (Å²) in [6.45, 7) is 2.19. The van der Waals surface area contributed by atoms with Crippen LogP contribution < -0.4 is 14.4 Å². The van der Waals surface area contributed by atoms with Crippen molar-refractivity contribution in [3.8, 4) is 17.6 Å². The Morgan fingerprint density at radius 2 is 1.84 bits per heavy atom. The third-order valence-electron chi connectivity index (χ3n) is 5.26. The minimum atomic E-state index is -4.38. The number of anilines is 1. The molecule has 0 radical (unpaired) electrons. The lowest BCUT2D eigenvalue weighted by Crippen LogP contribution is -2.48. The molecule has 3 rings (SSSR count). The Morgan fingerprint density at radius 3 is 2.50 bits per heavy atom. The molecule has 2 aromatic carbocycles. The maximum Gasteiger partial charge on any atom is 0.416 e. The van der Waals surface area contributed by atoms with Crippen LogP contribution in [0.4, 0.5) is 18.9 Å². The van der Waals surface area contributed by atoms with Crippen LogP contribution in [-0.2, 0) is 11.0 Å². The summed E-state index contributed by atoms with van der Waals surface area (Å²) in [5, 5.41) is 8.94. The SMILES string of the molecule is COc1cc(C#N)ccc1OCCCC(=O)N1CCN(c2cccc(C(F)(F)F)c2)CC1. The summed E-state index contributed by atoms with van der Waals surface area (Å²) in [5.74, 6) is 0.957. The summed E-state index contributed by atoms with van der Waals surface area (Å²) in [5.41, 5.74) is 0.303. The zero-order valence-corrected chi connectivity index (χ0v) is 17.7. The molecule has 0 aliphatic carbocycles. The van der Waals surface area contributed by atoms with Gasteiger partial charge in [-0.05, 0) is 36.8 Å². The van der Waals surface area contributed by atoms with Crippen LogP contribution in [-0.4, -0.2) is 50.7 Å². The Bertz CT molecular complexity index is 980. The topological polar surface area (TPSA) is 65.8 Å². The molecule has 0 unspecified atom stereocenters. The van der Waals surface area contributed by atoms with Gasteiger partial charge in [0.05, 0.1) is 30.9 Å². The zero-order chi connectivity index (χ0) is 23.1. The molecule has 0 N–H and O–H groups in total. The van der Waals surface area contributed by atoms with Crippen LogP contribution >= 0.6 is 0 Å². The van der Waals surface area contributed by atoms with E-state index in [1.165, 1.54) is 13.2 Å². The number of amides is 1. The summed E-state index contributed by atoms with van der Waals surface area (Å²) in [7, 11) is 1.49. The van der Waals surface area contributed by atoms with Crippen molar-refractivity contribution >= 4 is 11.6 Å². The number of methoxy groups -OCH3 is 1. The number of nitriles is 1. The van der Waals surface area contributed by atoms with E-state index in [1.807, 2.05) is 11.0 Å². The quantitative estimate of drug-likeness (QED) is 0.598. The number of ether oxygens (including phenoxy) is 2. The summed E-state index contributed by atoms with van der Waals surface area (Å²) in [4.78, 5) is 16.1. The molecule has 0 aromatic heterocycles. The number of carbonyl (C=O) groups excluding carboxylic acids is 1. The largest absolute Gasteiger partial charge is 0.493 e. The number of piperazine rings is 1. The van der Waals surface area contributed by atoms with Crippen molar-refractivity contribution in [2.24, 2.45) is 0 Å². The second-order valence-corrected chi connectivity index (χ2v) is 7.35. The van der Waals surface area contributed by atoms with Gasteiger partial charge < -0.3 is 19.3 Å². The van der Waals surface area contributed by atoms with E-state index in [0.717, 1.165) is 12.1 Å². The monoisotopic (exact) mass is 447 g/mol. The summed E-state index contributed by atoms with van der Waals surface area (Å²) in [6, 6.07) is 12.2. The third-order valence-corrected chi connectivity index (χ3v) is 5.26. The van der Waals surface area contributed by atoms with Gasteiger partial charge in [0.1, 0.15) is 0 Å². The highest BCUT2D eigenvalue weighted by Crippen LogP contribution is 2.32. The van der Waals surface area contributed by atoms with E-state index in [9.17, 15) is 18.0 Å². The first-order valence-corrected chi connectivity index (χ1v) is 10.2. The van der Waals surface area contributed by atoms with Crippen molar-refractivity contribution in [3.63, 3.8) is 0 Å². The Balaban J connectivity index is 1.44. The molecule has 1 amide bonds. The van der Waals surface area contributed by atoms with Crippen molar-refractivity contribution in [1.82, 2.24) is 4.90 Å². The van der Waals surface area contributed by atoms with E-state index in [1.54, 1.807) is 29.2 Å². The smallest absolute Gasteiger partial charge is 0.416 e. The van der Waals surface area contributed by atoms with Crippen LogP contribution in [0.15, 0.2) is 42.5 Å². The van der Waals surface area contributed by atoms with Crippen LogP contribution in [0.3, 0.4) is 0 Å². The number of carbonyl (C=O) groups is 1. The van der Waals surface area contributed by atoms with E-state index in [-0.39, 0.29) is 5.91 Å². The number of hydrogen-bond acceptors (Lipinski definition) is 5. The van der Waals surface area contributed by atoms with Gasteiger partial charge in [0.15, 0.2) is 11.5 Å².